The normalized spacial score (nSPS) is 18.3. The zero-order valence-corrected chi connectivity index (χ0v) is 18.3. The van der Waals surface area contributed by atoms with Gasteiger partial charge in [-0.3, -0.25) is 0 Å². The molecule has 0 unspecified atom stereocenters. The third-order valence-corrected chi connectivity index (χ3v) is 7.04. The highest BCUT2D eigenvalue weighted by Gasteiger charge is 2.28. The number of imidazole rings is 1. The first-order valence-electron chi connectivity index (χ1n) is 10.5. The summed E-state index contributed by atoms with van der Waals surface area (Å²) in [5.74, 6) is 0.949. The third kappa shape index (κ3) is 3.63. The molecule has 1 aliphatic rings. The summed E-state index contributed by atoms with van der Waals surface area (Å²) in [6, 6.07) is 9.65. The largest absolute Gasteiger partial charge is 0.477 e. The van der Waals surface area contributed by atoms with Gasteiger partial charge in [0.15, 0.2) is 11.6 Å². The Hall–Kier alpha value is -3.30. The van der Waals surface area contributed by atoms with Gasteiger partial charge in [0.1, 0.15) is 15.5 Å². The number of rotatable bonds is 6. The van der Waals surface area contributed by atoms with Gasteiger partial charge in [0.25, 0.3) is 0 Å². The third-order valence-electron chi connectivity index (χ3n) is 5.97. The quantitative estimate of drug-likeness (QED) is 0.407. The van der Waals surface area contributed by atoms with Crippen molar-refractivity contribution in [1.82, 2.24) is 19.5 Å². The summed E-state index contributed by atoms with van der Waals surface area (Å²) in [7, 11) is 1.87. The molecule has 4 aromatic rings. The number of anilines is 1. The number of aromatic carboxylic acids is 1. The van der Waals surface area contributed by atoms with Crippen LogP contribution in [0.25, 0.3) is 33.0 Å². The van der Waals surface area contributed by atoms with E-state index in [0.29, 0.717) is 33.2 Å². The van der Waals surface area contributed by atoms with E-state index < -0.39 is 5.97 Å². The first-order valence-corrected chi connectivity index (χ1v) is 11.3. The van der Waals surface area contributed by atoms with Gasteiger partial charge < -0.3 is 20.1 Å². The minimum Gasteiger partial charge on any atom is -0.477 e. The van der Waals surface area contributed by atoms with Gasteiger partial charge in [-0.05, 0) is 30.7 Å². The Morgan fingerprint density at radius 2 is 2.06 bits per heavy atom. The predicted molar refractivity (Wildman–Crippen MR) is 124 cm³/mol. The van der Waals surface area contributed by atoms with Crippen LogP contribution in [0.1, 0.15) is 28.9 Å². The summed E-state index contributed by atoms with van der Waals surface area (Å²) >= 11 is 1.15. The van der Waals surface area contributed by atoms with E-state index in [-0.39, 0.29) is 23.4 Å². The van der Waals surface area contributed by atoms with Crippen LogP contribution in [0.4, 0.5) is 5.82 Å². The maximum absolute atomic E-state index is 12.2. The lowest BCUT2D eigenvalue weighted by Crippen LogP contribution is -2.18. The molecule has 0 amide bonds. The number of aryl methyl sites for hydroxylation is 1. The lowest BCUT2D eigenvalue weighted by Gasteiger charge is -2.16. The molecule has 164 valence electrons. The SMILES string of the molecule is Cn1ccnc1-c1nc(N[C@@H]2CC[C@H](CO)C2)c2c(-c3ccccc3)c(C(=O)O)sc2n1. The molecule has 5 rings (SSSR count). The number of aromatic nitrogens is 4. The van der Waals surface area contributed by atoms with Crippen LogP contribution in [0, 0.1) is 5.92 Å². The van der Waals surface area contributed by atoms with Gasteiger partial charge in [-0.15, -0.1) is 11.3 Å². The van der Waals surface area contributed by atoms with Crippen LogP contribution in [0.2, 0.25) is 0 Å². The number of hydrogen-bond donors (Lipinski definition) is 3. The number of nitrogens with zero attached hydrogens (tertiary/aromatic N) is 4. The summed E-state index contributed by atoms with van der Waals surface area (Å²) in [4.78, 5) is 26.9. The highest BCUT2D eigenvalue weighted by Crippen LogP contribution is 2.42. The molecule has 3 aromatic heterocycles. The molecule has 0 saturated heterocycles. The molecule has 0 bridgehead atoms. The molecule has 32 heavy (non-hydrogen) atoms. The molecule has 3 heterocycles. The van der Waals surface area contributed by atoms with Crippen LogP contribution in [-0.2, 0) is 7.05 Å². The highest BCUT2D eigenvalue weighted by atomic mass is 32.1. The fourth-order valence-corrected chi connectivity index (χ4v) is 5.42. The molecule has 0 radical (unpaired) electrons. The van der Waals surface area contributed by atoms with Crippen molar-refractivity contribution in [2.24, 2.45) is 13.0 Å². The summed E-state index contributed by atoms with van der Waals surface area (Å²) in [6.07, 6.45) is 6.22. The summed E-state index contributed by atoms with van der Waals surface area (Å²) in [5, 5.41) is 23.8. The molecule has 3 N–H and O–H groups in total. The zero-order valence-electron chi connectivity index (χ0n) is 17.5. The Kier molecular flexibility index (Phi) is 5.36. The number of benzene rings is 1. The van der Waals surface area contributed by atoms with Gasteiger partial charge in [0, 0.05) is 37.7 Å². The maximum atomic E-state index is 12.2. The molecule has 0 aliphatic heterocycles. The summed E-state index contributed by atoms with van der Waals surface area (Å²) in [5.41, 5.74) is 1.44. The minimum atomic E-state index is -0.988. The number of carboxylic acid groups (broad SMARTS) is 1. The number of fused-ring (bicyclic) bond motifs is 1. The van der Waals surface area contributed by atoms with Crippen LogP contribution in [0.3, 0.4) is 0 Å². The molecular weight excluding hydrogens is 426 g/mol. The van der Waals surface area contributed by atoms with Crippen LogP contribution in [0.15, 0.2) is 42.7 Å². The number of hydrogen-bond acceptors (Lipinski definition) is 7. The average Bonchev–Trinajstić information content (AvgIpc) is 3.52. The van der Waals surface area contributed by atoms with Gasteiger partial charge in [-0.2, -0.15) is 0 Å². The van der Waals surface area contributed by atoms with Crippen molar-refractivity contribution in [2.75, 3.05) is 11.9 Å². The minimum absolute atomic E-state index is 0.149. The number of aliphatic hydroxyl groups excluding tert-OH is 1. The molecular formula is C23H23N5O3S. The van der Waals surface area contributed by atoms with Crippen molar-refractivity contribution >= 4 is 33.3 Å². The summed E-state index contributed by atoms with van der Waals surface area (Å²) in [6.45, 7) is 0.173. The number of thiophene rings is 1. The molecule has 1 fully saturated rings. The maximum Gasteiger partial charge on any atom is 0.346 e. The van der Waals surface area contributed by atoms with E-state index in [2.05, 4.69) is 10.3 Å². The van der Waals surface area contributed by atoms with E-state index in [1.165, 1.54) is 0 Å². The van der Waals surface area contributed by atoms with E-state index in [1.807, 2.05) is 48.1 Å². The summed E-state index contributed by atoms with van der Waals surface area (Å²) < 4.78 is 1.84. The predicted octanol–water partition coefficient (Wildman–Crippen LogP) is 4.03. The first-order chi connectivity index (χ1) is 15.5. The van der Waals surface area contributed by atoms with Gasteiger partial charge >= 0.3 is 5.97 Å². The highest BCUT2D eigenvalue weighted by molar-refractivity contribution is 7.21. The van der Waals surface area contributed by atoms with Crippen molar-refractivity contribution in [3.63, 3.8) is 0 Å². The number of nitrogens with one attached hydrogen (secondary N) is 1. The molecule has 0 spiro atoms. The fourth-order valence-electron chi connectivity index (χ4n) is 4.38. The number of carboxylic acids is 1. The Balaban J connectivity index is 1.73. The van der Waals surface area contributed by atoms with Gasteiger partial charge in [-0.1, -0.05) is 30.3 Å². The molecule has 1 aromatic carbocycles. The molecule has 2 atom stereocenters. The van der Waals surface area contributed by atoms with E-state index >= 15 is 0 Å². The lowest BCUT2D eigenvalue weighted by atomic mass is 10.0. The molecule has 9 heteroatoms. The van der Waals surface area contributed by atoms with Gasteiger partial charge in [0.2, 0.25) is 0 Å². The molecule has 8 nitrogen and oxygen atoms in total. The van der Waals surface area contributed by atoms with E-state index in [9.17, 15) is 15.0 Å². The van der Waals surface area contributed by atoms with Crippen molar-refractivity contribution in [2.45, 2.75) is 25.3 Å². The lowest BCUT2D eigenvalue weighted by molar-refractivity contribution is 0.0703. The van der Waals surface area contributed by atoms with Crippen molar-refractivity contribution < 1.29 is 15.0 Å². The van der Waals surface area contributed by atoms with Gasteiger partial charge in [0.05, 0.1) is 5.39 Å². The van der Waals surface area contributed by atoms with Crippen molar-refractivity contribution in [3.8, 4) is 22.8 Å². The van der Waals surface area contributed by atoms with Crippen molar-refractivity contribution in [1.29, 1.82) is 0 Å². The molecule has 1 aliphatic carbocycles. The van der Waals surface area contributed by atoms with Crippen LogP contribution in [0.5, 0.6) is 0 Å². The second-order valence-corrected chi connectivity index (χ2v) is 9.12. The van der Waals surface area contributed by atoms with Crippen LogP contribution >= 0.6 is 11.3 Å². The zero-order chi connectivity index (χ0) is 22.2. The van der Waals surface area contributed by atoms with Gasteiger partial charge in [-0.25, -0.2) is 19.7 Å². The van der Waals surface area contributed by atoms with Crippen LogP contribution in [-0.4, -0.2) is 48.4 Å². The topological polar surface area (TPSA) is 113 Å². The molecule has 1 saturated carbocycles. The Labute approximate surface area is 188 Å². The Morgan fingerprint density at radius 3 is 2.72 bits per heavy atom. The second kappa shape index (κ2) is 8.33. The Morgan fingerprint density at radius 1 is 1.25 bits per heavy atom. The van der Waals surface area contributed by atoms with Crippen LogP contribution < -0.4 is 5.32 Å². The fraction of sp³-hybridized carbons (Fsp3) is 0.304. The second-order valence-electron chi connectivity index (χ2n) is 8.12. The van der Waals surface area contributed by atoms with E-state index in [1.54, 1.807) is 6.20 Å². The standard InChI is InChI=1S/C23H23N5O3S/c1-28-10-9-24-21(28)20-26-19(25-15-8-7-13(11-15)12-29)17-16(14-5-3-2-4-6-14)18(23(30)31)32-22(17)27-20/h2-6,9-10,13,15,29H,7-8,11-12H2,1H3,(H,30,31)(H,25,26,27)/t13-,15+/m0/s1. The van der Waals surface area contributed by atoms with E-state index in [4.69, 9.17) is 9.97 Å². The van der Waals surface area contributed by atoms with Crippen molar-refractivity contribution in [3.05, 3.63) is 47.6 Å². The smallest absolute Gasteiger partial charge is 0.346 e. The van der Waals surface area contributed by atoms with E-state index in [0.717, 1.165) is 36.2 Å². The monoisotopic (exact) mass is 449 g/mol. The average molecular weight is 450 g/mol. The first kappa shape index (κ1) is 20.6. The Bertz CT molecular complexity index is 1280. The number of aliphatic hydroxyl groups is 1. The number of carbonyl (C=O) groups is 1.